The maximum Gasteiger partial charge on any atom is 0.238 e. The number of aryl methyl sites for hydroxylation is 2. The van der Waals surface area contributed by atoms with Gasteiger partial charge in [-0.15, -0.1) is 10.2 Å². The smallest absolute Gasteiger partial charge is 0.238 e. The highest BCUT2D eigenvalue weighted by molar-refractivity contribution is 8.02. The number of halogens is 1. The van der Waals surface area contributed by atoms with E-state index >= 15 is 0 Å². The number of pyridine rings is 1. The molecule has 0 aliphatic rings. The van der Waals surface area contributed by atoms with Crippen LogP contribution in [0.4, 0.5) is 16.6 Å². The van der Waals surface area contributed by atoms with Crippen LogP contribution in [-0.2, 0) is 4.79 Å². The molecule has 0 saturated heterocycles. The molecule has 1 aromatic carbocycles. The summed E-state index contributed by atoms with van der Waals surface area (Å²) in [5.74, 6) is 0.305. The topological polar surface area (TPSA) is 79.8 Å². The van der Waals surface area contributed by atoms with Crippen LogP contribution in [0.1, 0.15) is 18.1 Å². The van der Waals surface area contributed by atoms with Gasteiger partial charge in [-0.1, -0.05) is 40.8 Å². The third-order valence-electron chi connectivity index (χ3n) is 3.79. The minimum absolute atomic E-state index is 0.159. The maximum atomic E-state index is 12.3. The Morgan fingerprint density at radius 3 is 2.70 bits per heavy atom. The minimum atomic E-state index is -0.343. The highest BCUT2D eigenvalue weighted by atomic mass is 35.5. The number of amides is 1. The lowest BCUT2D eigenvalue weighted by Crippen LogP contribution is -2.22. The number of thioether (sulfide) groups is 1. The van der Waals surface area contributed by atoms with E-state index in [0.717, 1.165) is 5.69 Å². The highest BCUT2D eigenvalue weighted by Gasteiger charge is 2.18. The van der Waals surface area contributed by atoms with Crippen LogP contribution in [0.5, 0.6) is 0 Å². The molecule has 3 aromatic rings. The number of hydrogen-bond donors (Lipinski definition) is 2. The fourth-order valence-corrected chi connectivity index (χ4v) is 4.16. The lowest BCUT2D eigenvalue weighted by atomic mass is 10.1. The van der Waals surface area contributed by atoms with Gasteiger partial charge in [-0.3, -0.25) is 4.79 Å². The molecule has 1 amide bonds. The molecule has 27 heavy (non-hydrogen) atoms. The van der Waals surface area contributed by atoms with Crippen LogP contribution < -0.4 is 10.6 Å². The Balaban J connectivity index is 1.58. The fourth-order valence-electron chi connectivity index (χ4n) is 2.13. The third kappa shape index (κ3) is 5.41. The molecule has 1 atom stereocenters. The molecule has 0 aliphatic heterocycles. The average Bonchev–Trinajstić information content (AvgIpc) is 3.07. The standard InChI is InChI=1S/C18H18ClN5OS2/c1-10-4-6-14(8-11(10)2)21-17-23-24-18(27-17)26-12(3)16(25)22-15-7-5-13(19)9-20-15/h4-9,12H,1-3H3,(H,21,23)(H,20,22,25). The summed E-state index contributed by atoms with van der Waals surface area (Å²) in [7, 11) is 0. The molecule has 140 valence electrons. The van der Waals surface area contributed by atoms with Gasteiger partial charge in [0.25, 0.3) is 0 Å². The zero-order valence-electron chi connectivity index (χ0n) is 15.0. The first kappa shape index (κ1) is 19.6. The summed E-state index contributed by atoms with van der Waals surface area (Å²) in [6, 6.07) is 9.47. The molecule has 2 heterocycles. The molecule has 2 N–H and O–H groups in total. The summed E-state index contributed by atoms with van der Waals surface area (Å²) < 4.78 is 0.716. The molecule has 3 rings (SSSR count). The van der Waals surface area contributed by atoms with Crippen LogP contribution in [0.25, 0.3) is 0 Å². The average molecular weight is 420 g/mol. The minimum Gasteiger partial charge on any atom is -0.330 e. The summed E-state index contributed by atoms with van der Waals surface area (Å²) in [6.07, 6.45) is 1.49. The Labute approximate surface area is 170 Å². The number of carbonyl (C=O) groups is 1. The molecule has 0 saturated carbocycles. The predicted octanol–water partition coefficient (Wildman–Crippen LogP) is 5.07. The molecule has 6 nitrogen and oxygen atoms in total. The zero-order chi connectivity index (χ0) is 19.4. The van der Waals surface area contributed by atoms with Crippen molar-refractivity contribution in [1.82, 2.24) is 15.2 Å². The summed E-state index contributed by atoms with van der Waals surface area (Å²) in [4.78, 5) is 16.4. The molecule has 0 bridgehead atoms. The van der Waals surface area contributed by atoms with Crippen LogP contribution in [0, 0.1) is 13.8 Å². The van der Waals surface area contributed by atoms with E-state index in [1.54, 1.807) is 12.1 Å². The quantitative estimate of drug-likeness (QED) is 0.543. The van der Waals surface area contributed by atoms with Gasteiger partial charge in [0.2, 0.25) is 11.0 Å². The monoisotopic (exact) mass is 419 g/mol. The zero-order valence-corrected chi connectivity index (χ0v) is 17.4. The Morgan fingerprint density at radius 2 is 2.00 bits per heavy atom. The van der Waals surface area contributed by atoms with Crippen LogP contribution >= 0.6 is 34.7 Å². The van der Waals surface area contributed by atoms with Gasteiger partial charge in [0.05, 0.1) is 10.3 Å². The third-order valence-corrected chi connectivity index (χ3v) is 6.04. The number of nitrogens with zero attached hydrogens (tertiary/aromatic N) is 3. The van der Waals surface area contributed by atoms with E-state index in [-0.39, 0.29) is 11.2 Å². The Hall–Kier alpha value is -2.16. The van der Waals surface area contributed by atoms with Crippen molar-refractivity contribution in [2.75, 3.05) is 10.6 Å². The molecule has 2 aromatic heterocycles. The number of nitrogens with one attached hydrogen (secondary N) is 2. The number of hydrogen-bond acceptors (Lipinski definition) is 7. The van der Waals surface area contributed by atoms with E-state index < -0.39 is 0 Å². The summed E-state index contributed by atoms with van der Waals surface area (Å²) in [6.45, 7) is 5.95. The predicted molar refractivity (Wildman–Crippen MR) is 112 cm³/mol. The second-order valence-corrected chi connectivity index (χ2v) is 8.91. The molecular weight excluding hydrogens is 402 g/mol. The van der Waals surface area contributed by atoms with Crippen molar-refractivity contribution in [3.8, 4) is 0 Å². The summed E-state index contributed by atoms with van der Waals surface area (Å²) in [5, 5.41) is 15.2. The van der Waals surface area contributed by atoms with Gasteiger partial charge >= 0.3 is 0 Å². The van der Waals surface area contributed by atoms with Gasteiger partial charge in [-0.2, -0.15) is 0 Å². The first-order chi connectivity index (χ1) is 12.9. The van der Waals surface area contributed by atoms with Crippen LogP contribution in [0.2, 0.25) is 5.02 Å². The van der Waals surface area contributed by atoms with E-state index in [4.69, 9.17) is 11.6 Å². The lowest BCUT2D eigenvalue weighted by molar-refractivity contribution is -0.115. The number of carbonyl (C=O) groups excluding carboxylic acids is 1. The van der Waals surface area contributed by atoms with E-state index in [2.05, 4.69) is 51.8 Å². The van der Waals surface area contributed by atoms with Crippen molar-refractivity contribution < 1.29 is 4.79 Å². The van der Waals surface area contributed by atoms with Gasteiger partial charge in [-0.25, -0.2) is 4.98 Å². The van der Waals surface area contributed by atoms with Crippen molar-refractivity contribution in [2.45, 2.75) is 30.4 Å². The molecule has 0 spiro atoms. The molecule has 0 radical (unpaired) electrons. The maximum absolute atomic E-state index is 12.3. The van der Waals surface area contributed by atoms with Gasteiger partial charge in [0.1, 0.15) is 5.82 Å². The molecule has 9 heteroatoms. The highest BCUT2D eigenvalue weighted by Crippen LogP contribution is 2.31. The Bertz CT molecular complexity index is 945. The van der Waals surface area contributed by atoms with Gasteiger partial charge in [0.15, 0.2) is 4.34 Å². The van der Waals surface area contributed by atoms with Crippen molar-refractivity contribution in [1.29, 1.82) is 0 Å². The molecule has 0 fully saturated rings. The second kappa shape index (κ2) is 8.69. The van der Waals surface area contributed by atoms with E-state index in [1.807, 2.05) is 13.0 Å². The van der Waals surface area contributed by atoms with Crippen molar-refractivity contribution in [2.24, 2.45) is 0 Å². The SMILES string of the molecule is Cc1ccc(Nc2nnc(SC(C)C(=O)Nc3ccc(Cl)cn3)s2)cc1C. The molecule has 1 unspecified atom stereocenters. The van der Waals surface area contributed by atoms with Gasteiger partial charge in [0, 0.05) is 11.9 Å². The molecular formula is C18H18ClN5OS2. The summed E-state index contributed by atoms with van der Waals surface area (Å²) in [5.41, 5.74) is 3.41. The number of benzene rings is 1. The number of rotatable bonds is 6. The second-order valence-electron chi connectivity index (χ2n) is 5.91. The Kier molecular flexibility index (Phi) is 6.30. The van der Waals surface area contributed by atoms with Crippen molar-refractivity contribution in [3.63, 3.8) is 0 Å². The first-order valence-corrected chi connectivity index (χ1v) is 10.2. The van der Waals surface area contributed by atoms with E-state index in [9.17, 15) is 4.79 Å². The van der Waals surface area contributed by atoms with Gasteiger partial charge in [-0.05, 0) is 56.2 Å². The van der Waals surface area contributed by atoms with Gasteiger partial charge < -0.3 is 10.6 Å². The fraction of sp³-hybridized carbons (Fsp3) is 0.222. The van der Waals surface area contributed by atoms with Crippen molar-refractivity contribution >= 4 is 57.2 Å². The normalized spacial score (nSPS) is 11.9. The lowest BCUT2D eigenvalue weighted by Gasteiger charge is -2.09. The Morgan fingerprint density at radius 1 is 1.19 bits per heavy atom. The van der Waals surface area contributed by atoms with E-state index in [0.29, 0.717) is 20.3 Å². The number of anilines is 3. The van der Waals surface area contributed by atoms with E-state index in [1.165, 1.54) is 40.4 Å². The van der Waals surface area contributed by atoms with Crippen molar-refractivity contribution in [3.05, 3.63) is 52.7 Å². The summed E-state index contributed by atoms with van der Waals surface area (Å²) >= 11 is 8.55. The van der Waals surface area contributed by atoms with Crippen LogP contribution in [0.3, 0.4) is 0 Å². The molecule has 0 aliphatic carbocycles. The van der Waals surface area contributed by atoms with Crippen LogP contribution in [-0.4, -0.2) is 26.3 Å². The largest absolute Gasteiger partial charge is 0.330 e. The first-order valence-electron chi connectivity index (χ1n) is 8.17. The number of aromatic nitrogens is 3. The van der Waals surface area contributed by atoms with Crippen LogP contribution in [0.15, 0.2) is 40.9 Å².